The van der Waals surface area contributed by atoms with E-state index in [0.717, 1.165) is 17.4 Å². The van der Waals surface area contributed by atoms with Crippen LogP contribution in [0.25, 0.3) is 5.57 Å². The summed E-state index contributed by atoms with van der Waals surface area (Å²) in [4.78, 5) is -0.0462. The second-order valence-electron chi connectivity index (χ2n) is 4.78. The average Bonchev–Trinajstić information content (AvgIpc) is 3.15. The minimum atomic E-state index is -4.72. The Labute approximate surface area is 138 Å². The SMILES string of the molecule is O/N=C1\O[C@](c2cccs2)(C(F)(F)F)C=C1c1ccc(Cl)cc1. The highest BCUT2D eigenvalue weighted by Crippen LogP contribution is 2.50. The molecule has 0 radical (unpaired) electrons. The first-order valence-corrected chi connectivity index (χ1v) is 7.64. The molecule has 0 bridgehead atoms. The van der Waals surface area contributed by atoms with E-state index in [9.17, 15) is 13.2 Å². The summed E-state index contributed by atoms with van der Waals surface area (Å²) >= 11 is 6.70. The van der Waals surface area contributed by atoms with Gasteiger partial charge in [-0.05, 0) is 40.4 Å². The first kappa shape index (κ1) is 15.9. The van der Waals surface area contributed by atoms with Crippen LogP contribution in [0.15, 0.2) is 53.0 Å². The largest absolute Gasteiger partial charge is 0.449 e. The molecule has 1 aromatic heterocycles. The van der Waals surface area contributed by atoms with Crippen LogP contribution in [0.5, 0.6) is 0 Å². The molecule has 120 valence electrons. The fraction of sp³-hybridized carbons (Fsp3) is 0.133. The summed E-state index contributed by atoms with van der Waals surface area (Å²) in [7, 11) is 0. The normalized spacial score (nSPS) is 23.0. The number of benzene rings is 1. The Balaban J connectivity index is 2.19. The predicted octanol–water partition coefficient (Wildman–Crippen LogP) is 5.06. The van der Waals surface area contributed by atoms with E-state index in [1.54, 1.807) is 0 Å². The predicted molar refractivity (Wildman–Crippen MR) is 81.8 cm³/mol. The Morgan fingerprint density at radius 1 is 1.17 bits per heavy atom. The molecule has 8 heteroatoms. The number of ether oxygens (including phenoxy) is 1. The van der Waals surface area contributed by atoms with Crippen LogP contribution in [-0.4, -0.2) is 17.3 Å². The van der Waals surface area contributed by atoms with Gasteiger partial charge < -0.3 is 9.94 Å². The molecule has 1 aliphatic rings. The zero-order chi connectivity index (χ0) is 16.7. The number of nitrogens with zero attached hydrogens (tertiary/aromatic N) is 1. The Morgan fingerprint density at radius 2 is 1.87 bits per heavy atom. The third-order valence-corrected chi connectivity index (χ3v) is 4.63. The van der Waals surface area contributed by atoms with E-state index in [1.807, 2.05) is 0 Å². The summed E-state index contributed by atoms with van der Waals surface area (Å²) in [6.07, 6.45) is -3.79. The molecule has 1 aromatic carbocycles. The van der Waals surface area contributed by atoms with Crippen LogP contribution in [0.1, 0.15) is 10.4 Å². The van der Waals surface area contributed by atoms with Crippen LogP contribution >= 0.6 is 22.9 Å². The third kappa shape index (κ3) is 2.60. The van der Waals surface area contributed by atoms with Crippen molar-refractivity contribution in [2.24, 2.45) is 5.16 Å². The van der Waals surface area contributed by atoms with Gasteiger partial charge in [0.05, 0.1) is 4.88 Å². The van der Waals surface area contributed by atoms with Crippen LogP contribution in [-0.2, 0) is 10.3 Å². The van der Waals surface area contributed by atoms with Gasteiger partial charge in [0.15, 0.2) is 0 Å². The fourth-order valence-corrected chi connectivity index (χ4v) is 3.28. The smallest absolute Gasteiger partial charge is 0.437 e. The molecule has 1 N–H and O–H groups in total. The van der Waals surface area contributed by atoms with Gasteiger partial charge in [0.2, 0.25) is 0 Å². The van der Waals surface area contributed by atoms with E-state index in [4.69, 9.17) is 21.5 Å². The van der Waals surface area contributed by atoms with Crippen molar-refractivity contribution in [1.82, 2.24) is 0 Å². The lowest BCUT2D eigenvalue weighted by Gasteiger charge is -2.28. The molecule has 3 rings (SSSR count). The fourth-order valence-electron chi connectivity index (χ4n) is 2.30. The molecule has 0 amide bonds. The van der Waals surface area contributed by atoms with E-state index < -0.39 is 17.7 Å². The first-order chi connectivity index (χ1) is 10.9. The van der Waals surface area contributed by atoms with Crippen molar-refractivity contribution in [3.05, 3.63) is 63.3 Å². The topological polar surface area (TPSA) is 41.8 Å². The van der Waals surface area contributed by atoms with Gasteiger partial charge in [-0.15, -0.1) is 11.3 Å². The molecule has 0 spiro atoms. The molecule has 0 fully saturated rings. The lowest BCUT2D eigenvalue weighted by molar-refractivity contribution is -0.234. The Kier molecular flexibility index (Phi) is 3.85. The molecule has 0 saturated heterocycles. The van der Waals surface area contributed by atoms with Gasteiger partial charge in [-0.2, -0.15) is 13.2 Å². The van der Waals surface area contributed by atoms with E-state index in [1.165, 1.54) is 41.8 Å². The number of oxime groups is 1. The summed E-state index contributed by atoms with van der Waals surface area (Å²) in [6.45, 7) is 0. The van der Waals surface area contributed by atoms with Crippen LogP contribution in [0, 0.1) is 0 Å². The van der Waals surface area contributed by atoms with Crippen LogP contribution in [0.4, 0.5) is 13.2 Å². The summed E-state index contributed by atoms with van der Waals surface area (Å²) in [5.41, 5.74) is -2.21. The van der Waals surface area contributed by atoms with Crippen molar-refractivity contribution in [3.8, 4) is 0 Å². The quantitative estimate of drug-likeness (QED) is 0.601. The number of halogens is 4. The monoisotopic (exact) mass is 359 g/mol. The maximum absolute atomic E-state index is 13.7. The number of rotatable bonds is 2. The summed E-state index contributed by atoms with van der Waals surface area (Å²) in [5.74, 6) is -0.488. The van der Waals surface area contributed by atoms with Gasteiger partial charge >= 0.3 is 6.18 Å². The minimum Gasteiger partial charge on any atom is -0.449 e. The number of alkyl halides is 3. The van der Waals surface area contributed by atoms with Gasteiger partial charge in [0.25, 0.3) is 11.5 Å². The van der Waals surface area contributed by atoms with E-state index in [0.29, 0.717) is 10.6 Å². The van der Waals surface area contributed by atoms with Gasteiger partial charge in [-0.3, -0.25) is 0 Å². The number of hydrogen-bond donors (Lipinski definition) is 1. The van der Waals surface area contributed by atoms with E-state index >= 15 is 0 Å². The highest BCUT2D eigenvalue weighted by molar-refractivity contribution is 7.10. The molecular formula is C15H9ClF3NO2S. The highest BCUT2D eigenvalue weighted by Gasteiger charge is 2.61. The van der Waals surface area contributed by atoms with Crippen molar-refractivity contribution in [3.63, 3.8) is 0 Å². The van der Waals surface area contributed by atoms with E-state index in [2.05, 4.69) is 5.16 Å². The zero-order valence-corrected chi connectivity index (χ0v) is 12.9. The molecule has 2 heterocycles. The third-order valence-electron chi connectivity index (χ3n) is 3.39. The van der Waals surface area contributed by atoms with Gasteiger partial charge in [0.1, 0.15) is 0 Å². The van der Waals surface area contributed by atoms with Crippen molar-refractivity contribution < 1.29 is 23.1 Å². The van der Waals surface area contributed by atoms with Crippen LogP contribution < -0.4 is 0 Å². The Morgan fingerprint density at radius 3 is 2.39 bits per heavy atom. The molecular weight excluding hydrogens is 351 g/mol. The zero-order valence-electron chi connectivity index (χ0n) is 11.3. The second kappa shape index (κ2) is 5.58. The summed E-state index contributed by atoms with van der Waals surface area (Å²) in [5, 5.41) is 13.9. The second-order valence-corrected chi connectivity index (χ2v) is 6.17. The number of thiophene rings is 1. The van der Waals surface area contributed by atoms with Gasteiger partial charge in [0, 0.05) is 10.6 Å². The van der Waals surface area contributed by atoms with Gasteiger partial charge in [-0.1, -0.05) is 29.8 Å². The molecule has 2 aromatic rings. The maximum Gasteiger partial charge on any atom is 0.437 e. The average molecular weight is 360 g/mol. The first-order valence-electron chi connectivity index (χ1n) is 6.38. The Hall–Kier alpha value is -1.99. The molecule has 0 aliphatic carbocycles. The van der Waals surface area contributed by atoms with Crippen LogP contribution in [0.2, 0.25) is 5.02 Å². The highest BCUT2D eigenvalue weighted by atomic mass is 35.5. The molecule has 1 atom stereocenters. The minimum absolute atomic E-state index is 0.0462. The standard InChI is InChI=1S/C15H9ClF3NO2S/c16-10-5-3-9(4-6-10)11-8-14(15(17,18)19,22-13(11)20-21)12-2-1-7-23-12/h1-8,21H/b20-13-/t14-/m1/s1. The van der Waals surface area contributed by atoms with Crippen LogP contribution in [0.3, 0.4) is 0 Å². The van der Waals surface area contributed by atoms with Crippen molar-refractivity contribution >= 4 is 34.4 Å². The Bertz CT molecular complexity index is 769. The number of hydrogen-bond acceptors (Lipinski definition) is 4. The molecule has 0 unspecified atom stereocenters. The summed E-state index contributed by atoms with van der Waals surface area (Å²) in [6, 6.07) is 8.96. The lowest BCUT2D eigenvalue weighted by atomic mass is 9.97. The molecule has 23 heavy (non-hydrogen) atoms. The lowest BCUT2D eigenvalue weighted by Crippen LogP contribution is -2.41. The molecule has 0 saturated carbocycles. The molecule has 3 nitrogen and oxygen atoms in total. The van der Waals surface area contributed by atoms with Crippen molar-refractivity contribution in [2.45, 2.75) is 11.8 Å². The van der Waals surface area contributed by atoms with E-state index in [-0.39, 0.29) is 10.5 Å². The van der Waals surface area contributed by atoms with Crippen molar-refractivity contribution in [1.29, 1.82) is 0 Å². The van der Waals surface area contributed by atoms with Crippen molar-refractivity contribution in [2.75, 3.05) is 0 Å². The summed E-state index contributed by atoms with van der Waals surface area (Å²) < 4.78 is 46.2. The maximum atomic E-state index is 13.7. The van der Waals surface area contributed by atoms with Gasteiger partial charge in [-0.25, -0.2) is 0 Å². The molecule has 1 aliphatic heterocycles.